The minimum atomic E-state index is 0.371. The molecule has 96 valence electrons. The molecule has 0 saturated heterocycles. The third-order valence-corrected chi connectivity index (χ3v) is 3.03. The summed E-state index contributed by atoms with van der Waals surface area (Å²) in [6.07, 6.45) is 9.67. The van der Waals surface area contributed by atoms with E-state index in [2.05, 4.69) is 4.98 Å². The molecule has 1 aliphatic carbocycles. The minimum Gasteiger partial charge on any atom is -0.489 e. The lowest BCUT2D eigenvalue weighted by atomic mass is 10.1. The van der Waals surface area contributed by atoms with Gasteiger partial charge in [0.2, 0.25) is 0 Å². The largest absolute Gasteiger partial charge is 0.489 e. The van der Waals surface area contributed by atoms with Crippen LogP contribution in [0.1, 0.15) is 52.4 Å². The highest BCUT2D eigenvalue weighted by Crippen LogP contribution is 2.22. The summed E-state index contributed by atoms with van der Waals surface area (Å²) in [5, 5.41) is 0.517. The van der Waals surface area contributed by atoms with Crippen molar-refractivity contribution in [3.63, 3.8) is 0 Å². The number of rotatable bonds is 2. The van der Waals surface area contributed by atoms with Crippen LogP contribution in [0.15, 0.2) is 18.3 Å². The first-order valence-corrected chi connectivity index (χ1v) is 7.00. The standard InChI is InChI=1S/C12H16ClNO.C2H6/c13-12-8-7-11(9-14-12)15-10-5-3-1-2-4-6-10;1-2/h7-10H,1-6H2;1-2H3. The SMILES string of the molecule is CC.Clc1ccc(OC2CCCCCC2)cn1. The third-order valence-electron chi connectivity index (χ3n) is 2.81. The Bertz CT molecular complexity index is 292. The first-order chi connectivity index (χ1) is 8.34. The Morgan fingerprint density at radius 3 is 2.29 bits per heavy atom. The fraction of sp³-hybridized carbons (Fsp3) is 0.643. The predicted octanol–water partition coefficient (Wildman–Crippen LogP) is 4.86. The van der Waals surface area contributed by atoms with E-state index in [1.54, 1.807) is 12.3 Å². The lowest BCUT2D eigenvalue weighted by Gasteiger charge is -2.16. The zero-order chi connectivity index (χ0) is 12.5. The zero-order valence-electron chi connectivity index (χ0n) is 10.8. The van der Waals surface area contributed by atoms with Crippen molar-refractivity contribution < 1.29 is 4.74 Å². The summed E-state index contributed by atoms with van der Waals surface area (Å²) >= 11 is 5.71. The van der Waals surface area contributed by atoms with Crippen LogP contribution in [-0.4, -0.2) is 11.1 Å². The van der Waals surface area contributed by atoms with Gasteiger partial charge < -0.3 is 4.74 Å². The number of hydrogen-bond acceptors (Lipinski definition) is 2. The summed E-state index contributed by atoms with van der Waals surface area (Å²) in [6.45, 7) is 4.00. The smallest absolute Gasteiger partial charge is 0.138 e. The van der Waals surface area contributed by atoms with Crippen LogP contribution in [-0.2, 0) is 0 Å². The quantitative estimate of drug-likeness (QED) is 0.556. The van der Waals surface area contributed by atoms with Gasteiger partial charge >= 0.3 is 0 Å². The van der Waals surface area contributed by atoms with Crippen LogP contribution in [0.4, 0.5) is 0 Å². The lowest BCUT2D eigenvalue weighted by molar-refractivity contribution is 0.183. The monoisotopic (exact) mass is 255 g/mol. The molecule has 0 radical (unpaired) electrons. The molecule has 0 N–H and O–H groups in total. The first-order valence-electron chi connectivity index (χ1n) is 6.63. The Morgan fingerprint density at radius 1 is 1.12 bits per heavy atom. The van der Waals surface area contributed by atoms with E-state index in [1.165, 1.54) is 38.5 Å². The van der Waals surface area contributed by atoms with Gasteiger partial charge in [-0.05, 0) is 37.8 Å². The van der Waals surface area contributed by atoms with E-state index >= 15 is 0 Å². The normalized spacial score (nSPS) is 16.6. The van der Waals surface area contributed by atoms with Gasteiger partial charge in [-0.2, -0.15) is 0 Å². The van der Waals surface area contributed by atoms with Gasteiger partial charge in [0, 0.05) is 0 Å². The highest BCUT2D eigenvalue weighted by molar-refractivity contribution is 6.29. The fourth-order valence-corrected chi connectivity index (χ4v) is 2.10. The molecule has 3 heteroatoms. The topological polar surface area (TPSA) is 22.1 Å². The van der Waals surface area contributed by atoms with E-state index in [1.807, 2.05) is 19.9 Å². The number of nitrogens with zero attached hydrogens (tertiary/aromatic N) is 1. The van der Waals surface area contributed by atoms with Crippen LogP contribution in [0.2, 0.25) is 5.15 Å². The lowest BCUT2D eigenvalue weighted by Crippen LogP contribution is -2.15. The fourth-order valence-electron chi connectivity index (χ4n) is 1.98. The van der Waals surface area contributed by atoms with Crippen molar-refractivity contribution in [2.75, 3.05) is 0 Å². The number of hydrogen-bond donors (Lipinski definition) is 0. The minimum absolute atomic E-state index is 0.371. The van der Waals surface area contributed by atoms with E-state index < -0.39 is 0 Å². The average Bonchev–Trinajstić information content (AvgIpc) is 2.63. The molecule has 17 heavy (non-hydrogen) atoms. The Balaban J connectivity index is 0.000000686. The van der Waals surface area contributed by atoms with Crippen molar-refractivity contribution in [1.82, 2.24) is 4.98 Å². The van der Waals surface area contributed by atoms with Gasteiger partial charge in [-0.3, -0.25) is 0 Å². The maximum absolute atomic E-state index is 5.87. The maximum Gasteiger partial charge on any atom is 0.138 e. The van der Waals surface area contributed by atoms with Crippen LogP contribution >= 0.6 is 11.6 Å². The molecule has 1 heterocycles. The molecule has 1 fully saturated rings. The average molecular weight is 256 g/mol. The predicted molar refractivity (Wildman–Crippen MR) is 72.7 cm³/mol. The van der Waals surface area contributed by atoms with E-state index in [0.717, 1.165) is 5.75 Å². The number of pyridine rings is 1. The molecule has 0 atom stereocenters. The Hall–Kier alpha value is -0.760. The van der Waals surface area contributed by atoms with Gasteiger partial charge in [-0.1, -0.05) is 38.3 Å². The van der Waals surface area contributed by atoms with Crippen molar-refractivity contribution >= 4 is 11.6 Å². The maximum atomic E-state index is 5.87. The second kappa shape index (κ2) is 8.35. The Labute approximate surface area is 109 Å². The Kier molecular flexibility index (Phi) is 7.02. The van der Waals surface area contributed by atoms with Gasteiger partial charge in [0.25, 0.3) is 0 Å². The molecule has 1 aromatic rings. The molecule has 1 saturated carbocycles. The summed E-state index contributed by atoms with van der Waals surface area (Å²) < 4.78 is 5.87. The second-order valence-corrected chi connectivity index (χ2v) is 4.44. The van der Waals surface area contributed by atoms with E-state index in [4.69, 9.17) is 16.3 Å². The third kappa shape index (κ3) is 5.40. The number of ether oxygens (including phenoxy) is 1. The van der Waals surface area contributed by atoms with Gasteiger partial charge in [0.1, 0.15) is 10.9 Å². The van der Waals surface area contributed by atoms with E-state index in [9.17, 15) is 0 Å². The molecule has 2 nitrogen and oxygen atoms in total. The summed E-state index contributed by atoms with van der Waals surface area (Å²) in [7, 11) is 0. The van der Waals surface area contributed by atoms with Crippen molar-refractivity contribution in [2.45, 2.75) is 58.5 Å². The molecule has 2 rings (SSSR count). The number of aromatic nitrogens is 1. The first kappa shape index (κ1) is 14.3. The zero-order valence-corrected chi connectivity index (χ0v) is 11.5. The molecule has 0 unspecified atom stereocenters. The van der Waals surface area contributed by atoms with Crippen LogP contribution in [0.5, 0.6) is 5.75 Å². The summed E-state index contributed by atoms with van der Waals surface area (Å²) in [5.74, 6) is 0.839. The second-order valence-electron chi connectivity index (χ2n) is 4.05. The Morgan fingerprint density at radius 2 is 1.76 bits per heavy atom. The van der Waals surface area contributed by atoms with Gasteiger partial charge in [-0.15, -0.1) is 0 Å². The summed E-state index contributed by atoms with van der Waals surface area (Å²) in [6, 6.07) is 3.66. The van der Waals surface area contributed by atoms with Crippen molar-refractivity contribution in [3.05, 3.63) is 23.5 Å². The van der Waals surface area contributed by atoms with Gasteiger partial charge in [-0.25, -0.2) is 4.98 Å². The molecular formula is C14H22ClNO. The van der Waals surface area contributed by atoms with Crippen LogP contribution in [0.3, 0.4) is 0 Å². The molecule has 0 aliphatic heterocycles. The van der Waals surface area contributed by atoms with Gasteiger partial charge in [0.05, 0.1) is 12.3 Å². The van der Waals surface area contributed by atoms with Gasteiger partial charge in [0.15, 0.2) is 0 Å². The number of halogens is 1. The molecular weight excluding hydrogens is 234 g/mol. The summed E-state index contributed by atoms with van der Waals surface area (Å²) in [4.78, 5) is 4.01. The van der Waals surface area contributed by atoms with Crippen molar-refractivity contribution in [3.8, 4) is 5.75 Å². The highest BCUT2D eigenvalue weighted by Gasteiger charge is 2.13. The molecule has 0 amide bonds. The van der Waals surface area contributed by atoms with Crippen LogP contribution in [0, 0.1) is 0 Å². The van der Waals surface area contributed by atoms with Crippen molar-refractivity contribution in [1.29, 1.82) is 0 Å². The molecule has 1 aromatic heterocycles. The molecule has 0 spiro atoms. The van der Waals surface area contributed by atoms with Crippen LogP contribution in [0.25, 0.3) is 0 Å². The van der Waals surface area contributed by atoms with E-state index in [0.29, 0.717) is 11.3 Å². The molecule has 0 aromatic carbocycles. The molecule has 0 bridgehead atoms. The van der Waals surface area contributed by atoms with Crippen LogP contribution < -0.4 is 4.74 Å². The van der Waals surface area contributed by atoms with Crippen molar-refractivity contribution in [2.24, 2.45) is 0 Å². The molecule has 1 aliphatic rings. The summed E-state index contributed by atoms with van der Waals surface area (Å²) in [5.41, 5.74) is 0. The van der Waals surface area contributed by atoms with E-state index in [-0.39, 0.29) is 0 Å². The highest BCUT2D eigenvalue weighted by atomic mass is 35.5.